The molecule has 3 heterocycles. The zero-order chi connectivity index (χ0) is 25.0. The van der Waals surface area contributed by atoms with Gasteiger partial charge in [0.2, 0.25) is 5.91 Å². The van der Waals surface area contributed by atoms with E-state index in [0.29, 0.717) is 30.2 Å². The number of nitrogens with one attached hydrogen (secondary N) is 2. The molecule has 0 bridgehead atoms. The number of aromatic nitrogens is 1. The number of amides is 1. The Labute approximate surface area is 206 Å². The van der Waals surface area contributed by atoms with Crippen molar-refractivity contribution in [2.75, 3.05) is 26.2 Å². The molecule has 1 aromatic heterocycles. The Morgan fingerprint density at radius 3 is 2.77 bits per heavy atom. The van der Waals surface area contributed by atoms with E-state index < -0.39 is 18.6 Å². The van der Waals surface area contributed by atoms with E-state index in [2.05, 4.69) is 9.88 Å². The van der Waals surface area contributed by atoms with Gasteiger partial charge in [0.25, 0.3) is 0 Å². The Hall–Kier alpha value is -2.66. The van der Waals surface area contributed by atoms with Crippen LogP contribution in [-0.2, 0) is 11.2 Å². The summed E-state index contributed by atoms with van der Waals surface area (Å²) < 4.78 is 37.0. The van der Waals surface area contributed by atoms with E-state index in [9.17, 15) is 23.2 Å². The van der Waals surface area contributed by atoms with Gasteiger partial charge in [-0.3, -0.25) is 14.7 Å². The van der Waals surface area contributed by atoms with E-state index in [4.69, 9.17) is 11.6 Å². The maximum absolute atomic E-state index is 13.2. The quantitative estimate of drug-likeness (QED) is 0.535. The molecule has 1 fully saturated rings. The number of halogens is 4. The number of fused-ring (bicyclic) bond motifs is 1. The number of allylic oxidation sites excluding steroid dienone is 1. The fraction of sp³-hybridized carbons (Fsp3) is 0.417. The number of pyridine rings is 1. The molecule has 188 valence electrons. The van der Waals surface area contributed by atoms with E-state index in [0.717, 1.165) is 36.1 Å². The Morgan fingerprint density at radius 2 is 2.03 bits per heavy atom. The van der Waals surface area contributed by atoms with Crippen LogP contribution >= 0.6 is 11.6 Å². The van der Waals surface area contributed by atoms with Gasteiger partial charge in [0.05, 0.1) is 18.9 Å². The standard InChI is InChI=1S/C24H27ClF3N5O2/c25-19-5-3-17(4-6-19)12-18-14-32(33(35)22-13-29-9-7-21(18)22)15-20-2-1-10-31(20)11-8-23(34)30-16-24(26,27)28/h3-7,9,13-14,20,33H,1-2,8,10-12,15-16H2,(H,30,34)/t20-/m1/s1. The minimum Gasteiger partial charge on any atom is -0.603 e. The van der Waals surface area contributed by atoms with Crippen molar-refractivity contribution in [2.45, 2.75) is 37.9 Å². The SMILES string of the molecule is O=C(CCN1CCC[C@@H]1CN1C=C(Cc2ccc(Cl)cc2)c2ccncc2[NH+]1[O-])NCC(F)(F)F. The van der Waals surface area contributed by atoms with E-state index in [1.807, 2.05) is 41.8 Å². The Bertz CT molecular complexity index is 1060. The average molecular weight is 510 g/mol. The molecule has 0 saturated carbocycles. The second-order valence-electron chi connectivity index (χ2n) is 8.81. The second-order valence-corrected chi connectivity index (χ2v) is 9.25. The van der Waals surface area contributed by atoms with Gasteiger partial charge in [0, 0.05) is 35.8 Å². The van der Waals surface area contributed by atoms with Crippen LogP contribution < -0.4 is 10.5 Å². The van der Waals surface area contributed by atoms with Crippen LogP contribution in [0.15, 0.2) is 48.9 Å². The van der Waals surface area contributed by atoms with Gasteiger partial charge < -0.3 is 10.5 Å². The van der Waals surface area contributed by atoms with Gasteiger partial charge >= 0.3 is 6.18 Å². The first kappa shape index (κ1) is 25.4. The number of hydrogen-bond acceptors (Lipinski definition) is 5. The normalized spacial score (nSPS) is 20.5. The fourth-order valence-corrected chi connectivity index (χ4v) is 4.70. The van der Waals surface area contributed by atoms with Crippen LogP contribution in [0.25, 0.3) is 5.57 Å². The number of quaternary nitrogens is 1. The van der Waals surface area contributed by atoms with Gasteiger partial charge in [-0.05, 0) is 55.1 Å². The maximum Gasteiger partial charge on any atom is 0.405 e. The molecule has 7 nitrogen and oxygen atoms in total. The van der Waals surface area contributed by atoms with Gasteiger partial charge in [0.1, 0.15) is 6.54 Å². The topological polar surface area (TPSA) is 76.0 Å². The summed E-state index contributed by atoms with van der Waals surface area (Å²) in [7, 11) is 0. The zero-order valence-electron chi connectivity index (χ0n) is 19.0. The molecule has 2 atom stereocenters. The van der Waals surface area contributed by atoms with Crippen LogP contribution in [0.4, 0.5) is 18.9 Å². The van der Waals surface area contributed by atoms with Crippen LogP contribution in [0.5, 0.6) is 0 Å². The van der Waals surface area contributed by atoms with Crippen molar-refractivity contribution < 1.29 is 23.1 Å². The molecule has 1 amide bonds. The lowest BCUT2D eigenvalue weighted by atomic mass is 9.97. The van der Waals surface area contributed by atoms with E-state index in [-0.39, 0.29) is 17.6 Å². The first-order valence-corrected chi connectivity index (χ1v) is 11.9. The van der Waals surface area contributed by atoms with Gasteiger partial charge in [-0.2, -0.15) is 13.2 Å². The monoisotopic (exact) mass is 509 g/mol. The molecule has 0 aliphatic carbocycles. The number of benzene rings is 1. The van der Waals surface area contributed by atoms with Crippen molar-refractivity contribution in [1.82, 2.24) is 20.2 Å². The number of nitrogens with zero attached hydrogens (tertiary/aromatic N) is 3. The Balaban J connectivity index is 1.44. The highest BCUT2D eigenvalue weighted by Gasteiger charge is 2.32. The zero-order valence-corrected chi connectivity index (χ0v) is 19.8. The smallest absolute Gasteiger partial charge is 0.405 e. The molecule has 2 N–H and O–H groups in total. The fourth-order valence-electron chi connectivity index (χ4n) is 4.57. The lowest BCUT2D eigenvalue weighted by Gasteiger charge is -2.40. The van der Waals surface area contributed by atoms with Crippen LogP contribution in [0.3, 0.4) is 0 Å². The van der Waals surface area contributed by atoms with Crippen molar-refractivity contribution in [3.05, 3.63) is 70.3 Å². The molecule has 4 rings (SSSR count). The van der Waals surface area contributed by atoms with Gasteiger partial charge in [0.15, 0.2) is 5.69 Å². The molecule has 2 aromatic rings. The summed E-state index contributed by atoms with van der Waals surface area (Å²) in [4.78, 5) is 18.1. The van der Waals surface area contributed by atoms with Crippen molar-refractivity contribution in [3.8, 4) is 0 Å². The highest BCUT2D eigenvalue weighted by atomic mass is 35.5. The lowest BCUT2D eigenvalue weighted by molar-refractivity contribution is -0.903. The summed E-state index contributed by atoms with van der Waals surface area (Å²) >= 11 is 6.01. The number of rotatable bonds is 8. The molecule has 35 heavy (non-hydrogen) atoms. The summed E-state index contributed by atoms with van der Waals surface area (Å²) in [5.41, 5.74) is 3.43. The minimum absolute atomic E-state index is 0.0145. The number of hydrogen-bond donors (Lipinski definition) is 2. The molecule has 2 aliphatic rings. The summed E-state index contributed by atoms with van der Waals surface area (Å²) in [5, 5.41) is 17.4. The molecule has 1 saturated heterocycles. The summed E-state index contributed by atoms with van der Waals surface area (Å²) in [5.74, 6) is -0.632. The second kappa shape index (κ2) is 10.9. The van der Waals surface area contributed by atoms with Crippen LogP contribution in [-0.4, -0.2) is 59.2 Å². The van der Waals surface area contributed by atoms with Crippen molar-refractivity contribution >= 4 is 28.8 Å². The van der Waals surface area contributed by atoms with Crippen molar-refractivity contribution in [2.24, 2.45) is 0 Å². The molecule has 0 radical (unpaired) electrons. The molecular weight excluding hydrogens is 483 g/mol. The van der Waals surface area contributed by atoms with E-state index >= 15 is 0 Å². The van der Waals surface area contributed by atoms with Gasteiger partial charge in [-0.25, -0.2) is 10.2 Å². The number of carbonyl (C=O) groups excluding carboxylic acids is 1. The minimum atomic E-state index is -4.43. The summed E-state index contributed by atoms with van der Waals surface area (Å²) in [6.07, 6.45) is 3.03. The first-order valence-electron chi connectivity index (χ1n) is 11.5. The van der Waals surface area contributed by atoms with Gasteiger partial charge in [-0.1, -0.05) is 23.7 Å². The van der Waals surface area contributed by atoms with E-state index in [1.54, 1.807) is 17.4 Å². The third-order valence-electron chi connectivity index (χ3n) is 6.30. The molecule has 2 aliphatic heterocycles. The van der Waals surface area contributed by atoms with E-state index in [1.165, 1.54) is 0 Å². The summed E-state index contributed by atoms with van der Waals surface area (Å²) in [6.45, 7) is 0.183. The van der Waals surface area contributed by atoms with Crippen LogP contribution in [0, 0.1) is 5.21 Å². The average Bonchev–Trinajstić information content (AvgIpc) is 3.27. The highest BCUT2D eigenvalue weighted by molar-refractivity contribution is 6.30. The molecule has 0 spiro atoms. The lowest BCUT2D eigenvalue weighted by Crippen LogP contribution is -3.09. The number of likely N-dealkylation sites (tertiary alicyclic amines) is 1. The third kappa shape index (κ3) is 6.72. The third-order valence-corrected chi connectivity index (χ3v) is 6.55. The van der Waals surface area contributed by atoms with Crippen LogP contribution in [0.1, 0.15) is 30.4 Å². The first-order chi connectivity index (χ1) is 16.7. The van der Waals surface area contributed by atoms with Crippen molar-refractivity contribution in [3.63, 3.8) is 0 Å². The van der Waals surface area contributed by atoms with Gasteiger partial charge in [-0.15, -0.1) is 0 Å². The molecule has 11 heteroatoms. The summed E-state index contributed by atoms with van der Waals surface area (Å²) in [6, 6.07) is 9.42. The number of alkyl halides is 3. The molecule has 1 unspecified atom stereocenters. The van der Waals surface area contributed by atoms with Crippen molar-refractivity contribution in [1.29, 1.82) is 0 Å². The maximum atomic E-state index is 13.2. The highest BCUT2D eigenvalue weighted by Crippen LogP contribution is 2.29. The van der Waals surface area contributed by atoms with Crippen LogP contribution in [0.2, 0.25) is 5.02 Å². The molecule has 1 aromatic carbocycles. The largest absolute Gasteiger partial charge is 0.603 e. The molecular formula is C24H27ClF3N5O2. The predicted octanol–water partition coefficient (Wildman–Crippen LogP) is 3.10. The Morgan fingerprint density at radius 1 is 1.26 bits per heavy atom. The Kier molecular flexibility index (Phi) is 7.95. The predicted molar refractivity (Wildman–Crippen MR) is 126 cm³/mol. The number of carbonyl (C=O) groups is 1.